The molecule has 1 N–H and O–H groups in total. The van der Waals surface area contributed by atoms with Crippen molar-refractivity contribution in [1.82, 2.24) is 10.2 Å². The minimum atomic E-state index is -3.71. The highest BCUT2D eigenvalue weighted by Crippen LogP contribution is 2.19. The highest BCUT2D eigenvalue weighted by molar-refractivity contribution is 7.92. The fourth-order valence-electron chi connectivity index (χ4n) is 3.60. The average Bonchev–Trinajstić information content (AvgIpc) is 2.75. The second-order valence-corrected chi connectivity index (χ2v) is 10.4. The van der Waals surface area contributed by atoms with Crippen LogP contribution in [0.2, 0.25) is 0 Å². The van der Waals surface area contributed by atoms with Gasteiger partial charge in [0.1, 0.15) is 12.6 Å². The Hall–Kier alpha value is -2.87. The topological polar surface area (TPSA) is 86.8 Å². The Morgan fingerprint density at radius 1 is 1.00 bits per heavy atom. The number of rotatable bonds is 11. The van der Waals surface area contributed by atoms with Crippen LogP contribution < -0.4 is 9.62 Å². The van der Waals surface area contributed by atoms with Gasteiger partial charge in [-0.3, -0.25) is 13.9 Å². The van der Waals surface area contributed by atoms with E-state index in [9.17, 15) is 18.0 Å². The Kier molecular flexibility index (Phi) is 9.46. The van der Waals surface area contributed by atoms with Crippen LogP contribution in [0.25, 0.3) is 0 Å². The number of carbonyl (C=O) groups is 2. The third kappa shape index (κ3) is 7.89. The zero-order chi connectivity index (χ0) is 24.6. The molecule has 0 spiro atoms. The molecule has 0 aromatic heterocycles. The minimum Gasteiger partial charge on any atom is -0.352 e. The number of hydrogen-bond donors (Lipinski definition) is 1. The van der Waals surface area contributed by atoms with Crippen LogP contribution in [-0.2, 0) is 26.0 Å². The summed E-state index contributed by atoms with van der Waals surface area (Å²) in [5.41, 5.74) is 2.44. The first-order chi connectivity index (χ1) is 15.5. The highest BCUT2D eigenvalue weighted by Gasteiger charge is 2.31. The number of nitrogens with one attached hydrogen (secondary N) is 1. The van der Waals surface area contributed by atoms with E-state index in [4.69, 9.17) is 0 Å². The van der Waals surface area contributed by atoms with Crippen LogP contribution in [0.3, 0.4) is 0 Å². The van der Waals surface area contributed by atoms with Gasteiger partial charge in [-0.25, -0.2) is 8.42 Å². The fraction of sp³-hybridized carbons (Fsp3) is 0.440. The van der Waals surface area contributed by atoms with Crippen molar-refractivity contribution < 1.29 is 18.0 Å². The lowest BCUT2D eigenvalue weighted by Gasteiger charge is -2.33. The van der Waals surface area contributed by atoms with Crippen molar-refractivity contribution >= 4 is 27.5 Å². The van der Waals surface area contributed by atoms with Crippen LogP contribution in [0.1, 0.15) is 38.3 Å². The maximum atomic E-state index is 13.5. The first-order valence-corrected chi connectivity index (χ1v) is 13.1. The van der Waals surface area contributed by atoms with E-state index >= 15 is 0 Å². The molecule has 0 heterocycles. The molecule has 2 aromatic carbocycles. The van der Waals surface area contributed by atoms with Gasteiger partial charge in [0.25, 0.3) is 0 Å². The summed E-state index contributed by atoms with van der Waals surface area (Å²) in [5.74, 6) is -0.655. The average molecular weight is 474 g/mol. The van der Waals surface area contributed by atoms with E-state index in [1.165, 1.54) is 4.90 Å². The van der Waals surface area contributed by atoms with Crippen LogP contribution in [0.4, 0.5) is 5.69 Å². The quantitative estimate of drug-likeness (QED) is 0.543. The maximum Gasteiger partial charge on any atom is 0.244 e. The Bertz CT molecular complexity index is 1020. The molecule has 180 valence electrons. The third-order valence-corrected chi connectivity index (χ3v) is 6.44. The lowest BCUT2D eigenvalue weighted by atomic mass is 10.1. The van der Waals surface area contributed by atoms with Gasteiger partial charge in [-0.2, -0.15) is 0 Å². The Morgan fingerprint density at radius 2 is 1.61 bits per heavy atom. The summed E-state index contributed by atoms with van der Waals surface area (Å²) >= 11 is 0. The molecule has 0 saturated heterocycles. The smallest absolute Gasteiger partial charge is 0.244 e. The molecule has 2 aromatic rings. The van der Waals surface area contributed by atoms with E-state index in [1.54, 1.807) is 24.3 Å². The van der Waals surface area contributed by atoms with Gasteiger partial charge in [0.05, 0.1) is 11.9 Å². The van der Waals surface area contributed by atoms with Gasteiger partial charge in [0, 0.05) is 12.6 Å². The minimum absolute atomic E-state index is 0.0716. The summed E-state index contributed by atoms with van der Waals surface area (Å²) in [7, 11) is -3.71. The van der Waals surface area contributed by atoms with Crippen molar-refractivity contribution in [3.8, 4) is 0 Å². The molecule has 0 radical (unpaired) electrons. The Morgan fingerprint density at radius 3 is 2.12 bits per heavy atom. The van der Waals surface area contributed by atoms with E-state index < -0.39 is 22.0 Å². The second kappa shape index (κ2) is 11.8. The summed E-state index contributed by atoms with van der Waals surface area (Å²) < 4.78 is 26.2. The van der Waals surface area contributed by atoms with Crippen molar-refractivity contribution in [2.45, 2.75) is 52.6 Å². The molecule has 7 nitrogen and oxygen atoms in total. The lowest BCUT2D eigenvalue weighted by molar-refractivity contribution is -0.139. The summed E-state index contributed by atoms with van der Waals surface area (Å²) in [5, 5.41) is 2.88. The summed E-state index contributed by atoms with van der Waals surface area (Å²) in [6, 6.07) is 15.9. The van der Waals surface area contributed by atoms with E-state index in [1.807, 2.05) is 58.0 Å². The number of nitrogens with zero attached hydrogens (tertiary/aromatic N) is 2. The van der Waals surface area contributed by atoms with E-state index in [0.717, 1.165) is 21.7 Å². The number of hydrogen-bond acceptors (Lipinski definition) is 4. The van der Waals surface area contributed by atoms with Crippen molar-refractivity contribution in [2.75, 3.05) is 23.7 Å². The first-order valence-electron chi connectivity index (χ1n) is 11.2. The standard InChI is InChI=1S/C25H35N3O4S/c1-6-23(25(30)26-19(2)3)27(17-16-21-10-8-7-9-11-21)24(29)18-28(33(5,31)32)22-14-12-20(4)13-15-22/h7-15,19,23H,6,16-18H2,1-5H3,(H,26,30)/t23-/m1/s1. The zero-order valence-corrected chi connectivity index (χ0v) is 20.9. The van der Waals surface area contributed by atoms with Crippen molar-refractivity contribution in [3.63, 3.8) is 0 Å². The number of aryl methyl sites for hydroxylation is 1. The molecule has 2 rings (SSSR count). The van der Waals surface area contributed by atoms with E-state index in [-0.39, 0.29) is 18.5 Å². The van der Waals surface area contributed by atoms with Crippen LogP contribution in [0, 0.1) is 6.92 Å². The molecular formula is C25H35N3O4S. The van der Waals surface area contributed by atoms with Gasteiger partial charge in [-0.05, 0) is 51.3 Å². The van der Waals surface area contributed by atoms with Gasteiger partial charge in [0.15, 0.2) is 0 Å². The molecule has 0 bridgehead atoms. The summed E-state index contributed by atoms with van der Waals surface area (Å²) in [6.45, 7) is 7.42. The lowest BCUT2D eigenvalue weighted by Crippen LogP contribution is -2.54. The molecule has 0 saturated carbocycles. The molecule has 0 unspecified atom stereocenters. The van der Waals surface area contributed by atoms with Crippen LogP contribution in [0.5, 0.6) is 0 Å². The maximum absolute atomic E-state index is 13.5. The normalized spacial score (nSPS) is 12.3. The van der Waals surface area contributed by atoms with E-state index in [2.05, 4.69) is 5.32 Å². The fourth-order valence-corrected chi connectivity index (χ4v) is 4.45. The predicted molar refractivity (Wildman–Crippen MR) is 133 cm³/mol. The molecule has 1 atom stereocenters. The van der Waals surface area contributed by atoms with Gasteiger partial charge in [0.2, 0.25) is 21.8 Å². The monoisotopic (exact) mass is 473 g/mol. The van der Waals surface area contributed by atoms with Crippen molar-refractivity contribution in [2.24, 2.45) is 0 Å². The molecule has 0 aliphatic heterocycles. The Balaban J connectivity index is 2.34. The van der Waals surface area contributed by atoms with Crippen LogP contribution in [-0.4, -0.2) is 56.6 Å². The van der Waals surface area contributed by atoms with Gasteiger partial charge in [-0.1, -0.05) is 55.0 Å². The van der Waals surface area contributed by atoms with Crippen LogP contribution >= 0.6 is 0 Å². The Labute approximate surface area is 197 Å². The van der Waals surface area contributed by atoms with Crippen LogP contribution in [0.15, 0.2) is 54.6 Å². The SMILES string of the molecule is CC[C@H](C(=O)NC(C)C)N(CCc1ccccc1)C(=O)CN(c1ccc(C)cc1)S(C)(=O)=O. The zero-order valence-electron chi connectivity index (χ0n) is 20.1. The molecule has 8 heteroatoms. The molecular weight excluding hydrogens is 438 g/mol. The molecule has 2 amide bonds. The highest BCUT2D eigenvalue weighted by atomic mass is 32.2. The van der Waals surface area contributed by atoms with Crippen molar-refractivity contribution in [3.05, 3.63) is 65.7 Å². The third-order valence-electron chi connectivity index (χ3n) is 5.30. The number of sulfonamides is 1. The summed E-state index contributed by atoms with van der Waals surface area (Å²) in [6.07, 6.45) is 2.06. The molecule has 33 heavy (non-hydrogen) atoms. The van der Waals surface area contributed by atoms with Gasteiger partial charge < -0.3 is 10.2 Å². The van der Waals surface area contributed by atoms with Crippen molar-refractivity contribution in [1.29, 1.82) is 0 Å². The largest absolute Gasteiger partial charge is 0.352 e. The second-order valence-electron chi connectivity index (χ2n) is 8.52. The molecule has 0 aliphatic rings. The van der Waals surface area contributed by atoms with Gasteiger partial charge >= 0.3 is 0 Å². The molecule has 0 aliphatic carbocycles. The predicted octanol–water partition coefficient (Wildman–Crippen LogP) is 3.14. The number of amides is 2. The summed E-state index contributed by atoms with van der Waals surface area (Å²) in [4.78, 5) is 27.9. The number of carbonyl (C=O) groups excluding carboxylic acids is 2. The van der Waals surface area contributed by atoms with E-state index in [0.29, 0.717) is 25.1 Å². The number of benzene rings is 2. The number of anilines is 1. The first kappa shape index (κ1) is 26.4. The molecule has 0 fully saturated rings. The van der Waals surface area contributed by atoms with Gasteiger partial charge in [-0.15, -0.1) is 0 Å².